The maximum atomic E-state index is 10.9. The normalized spacial score (nSPS) is 10.3. The van der Waals surface area contributed by atoms with Crippen LogP contribution in [0.5, 0.6) is 0 Å². The highest BCUT2D eigenvalue weighted by atomic mass is 32.1. The number of nitrogens with one attached hydrogen (secondary N) is 1. The molecule has 4 heteroatoms. The molecular weight excluding hydrogens is 160 g/mol. The number of allylic oxidation sites excluding steroid dienone is 1. The molecule has 0 radical (unpaired) electrons. The van der Waals surface area contributed by atoms with Crippen LogP contribution < -0.4 is 5.32 Å². The van der Waals surface area contributed by atoms with E-state index in [-0.39, 0.29) is 5.91 Å². The first-order valence-corrected chi connectivity index (χ1v) is 4.04. The predicted octanol–water partition coefficient (Wildman–Crippen LogP) is 1.66. The highest BCUT2D eigenvalue weighted by Crippen LogP contribution is 2.09. The van der Waals surface area contributed by atoms with Crippen molar-refractivity contribution in [3.05, 3.63) is 23.7 Å². The summed E-state index contributed by atoms with van der Waals surface area (Å²) in [5.74, 6) is -0.137. The Balaban J connectivity index is 2.50. The van der Waals surface area contributed by atoms with Gasteiger partial charge in [-0.15, -0.1) is 11.3 Å². The van der Waals surface area contributed by atoms with E-state index in [1.807, 2.05) is 5.38 Å². The Hall–Kier alpha value is -1.16. The van der Waals surface area contributed by atoms with Gasteiger partial charge in [0, 0.05) is 11.6 Å². The van der Waals surface area contributed by atoms with Crippen molar-refractivity contribution in [2.24, 2.45) is 0 Å². The van der Waals surface area contributed by atoms with Gasteiger partial charge < -0.3 is 0 Å². The topological polar surface area (TPSA) is 42.0 Å². The summed E-state index contributed by atoms with van der Waals surface area (Å²) < 4.78 is 0. The fourth-order valence-electron chi connectivity index (χ4n) is 0.584. The van der Waals surface area contributed by atoms with E-state index in [2.05, 4.69) is 10.3 Å². The van der Waals surface area contributed by atoms with E-state index in [9.17, 15) is 4.79 Å². The number of rotatable bonds is 2. The molecule has 0 aliphatic rings. The van der Waals surface area contributed by atoms with Gasteiger partial charge in [0.2, 0.25) is 5.91 Å². The Bertz CT molecular complexity index is 253. The maximum Gasteiger partial charge on any atom is 0.249 e. The van der Waals surface area contributed by atoms with Crippen molar-refractivity contribution in [3.8, 4) is 0 Å². The zero-order chi connectivity index (χ0) is 8.10. The van der Waals surface area contributed by atoms with Crippen LogP contribution >= 0.6 is 11.3 Å². The number of carbonyl (C=O) groups is 1. The van der Waals surface area contributed by atoms with Crippen molar-refractivity contribution in [3.63, 3.8) is 0 Å². The Morgan fingerprint density at radius 2 is 2.64 bits per heavy atom. The quantitative estimate of drug-likeness (QED) is 0.682. The van der Waals surface area contributed by atoms with E-state index in [4.69, 9.17) is 0 Å². The summed E-state index contributed by atoms with van der Waals surface area (Å²) >= 11 is 1.40. The molecule has 0 saturated carbocycles. The summed E-state index contributed by atoms with van der Waals surface area (Å²) in [5, 5.41) is 5.05. The van der Waals surface area contributed by atoms with Gasteiger partial charge in [-0.2, -0.15) is 0 Å². The van der Waals surface area contributed by atoms with E-state index < -0.39 is 0 Å². The molecule has 0 spiro atoms. The number of thiazole rings is 1. The van der Waals surface area contributed by atoms with Crippen molar-refractivity contribution < 1.29 is 4.79 Å². The van der Waals surface area contributed by atoms with E-state index >= 15 is 0 Å². The summed E-state index contributed by atoms with van der Waals surface area (Å²) in [6.45, 7) is 1.79. The van der Waals surface area contributed by atoms with Gasteiger partial charge in [-0.1, -0.05) is 6.08 Å². The SMILES string of the molecule is CC=CC(=O)Nc1nccs1. The van der Waals surface area contributed by atoms with Gasteiger partial charge in [0.15, 0.2) is 5.13 Å². The number of aromatic nitrogens is 1. The Morgan fingerprint density at radius 3 is 3.18 bits per heavy atom. The molecule has 58 valence electrons. The fourth-order valence-corrected chi connectivity index (χ4v) is 1.12. The number of hydrogen-bond acceptors (Lipinski definition) is 3. The molecule has 1 heterocycles. The van der Waals surface area contributed by atoms with Gasteiger partial charge >= 0.3 is 0 Å². The lowest BCUT2D eigenvalue weighted by Gasteiger charge is -1.92. The maximum absolute atomic E-state index is 10.9. The zero-order valence-electron chi connectivity index (χ0n) is 6.07. The van der Waals surface area contributed by atoms with Crippen LogP contribution in [0, 0.1) is 0 Å². The summed E-state index contributed by atoms with van der Waals surface area (Å²) in [6, 6.07) is 0. The second-order valence-electron chi connectivity index (χ2n) is 1.83. The third kappa shape index (κ3) is 2.51. The van der Waals surface area contributed by atoms with Crippen LogP contribution in [-0.2, 0) is 4.79 Å². The molecule has 3 nitrogen and oxygen atoms in total. The summed E-state index contributed by atoms with van der Waals surface area (Å²) in [4.78, 5) is 14.8. The third-order valence-corrected chi connectivity index (χ3v) is 1.67. The largest absolute Gasteiger partial charge is 0.298 e. The molecule has 0 aromatic carbocycles. The van der Waals surface area contributed by atoms with Gasteiger partial charge in [-0.3, -0.25) is 10.1 Å². The number of anilines is 1. The molecular formula is C7H8N2OS. The molecule has 1 N–H and O–H groups in total. The van der Waals surface area contributed by atoms with Gasteiger partial charge in [0.05, 0.1) is 0 Å². The first kappa shape index (κ1) is 7.94. The Morgan fingerprint density at radius 1 is 1.82 bits per heavy atom. The van der Waals surface area contributed by atoms with E-state index in [1.165, 1.54) is 17.4 Å². The minimum Gasteiger partial charge on any atom is -0.298 e. The molecule has 0 atom stereocenters. The smallest absolute Gasteiger partial charge is 0.249 e. The Labute approximate surface area is 68.8 Å². The van der Waals surface area contributed by atoms with Gasteiger partial charge in [-0.25, -0.2) is 4.98 Å². The molecule has 0 unspecified atom stereocenters. The second-order valence-corrected chi connectivity index (χ2v) is 2.72. The van der Waals surface area contributed by atoms with E-state index in [0.717, 1.165) is 0 Å². The number of amides is 1. The van der Waals surface area contributed by atoms with Gasteiger partial charge in [-0.05, 0) is 13.0 Å². The molecule has 1 aromatic rings. The van der Waals surface area contributed by atoms with Gasteiger partial charge in [0.25, 0.3) is 0 Å². The zero-order valence-corrected chi connectivity index (χ0v) is 6.89. The first-order valence-electron chi connectivity index (χ1n) is 3.16. The summed E-state index contributed by atoms with van der Waals surface area (Å²) in [6.07, 6.45) is 4.79. The minimum absolute atomic E-state index is 0.137. The van der Waals surface area contributed by atoms with Crippen molar-refractivity contribution >= 4 is 22.4 Å². The number of carbonyl (C=O) groups excluding carboxylic acids is 1. The van der Waals surface area contributed by atoms with Crippen LogP contribution in [-0.4, -0.2) is 10.9 Å². The van der Waals surface area contributed by atoms with Gasteiger partial charge in [0.1, 0.15) is 0 Å². The Kier molecular flexibility index (Phi) is 2.80. The number of hydrogen-bond donors (Lipinski definition) is 1. The molecule has 1 rings (SSSR count). The molecule has 0 bridgehead atoms. The van der Waals surface area contributed by atoms with Crippen LogP contribution in [0.15, 0.2) is 23.7 Å². The lowest BCUT2D eigenvalue weighted by molar-refractivity contribution is -0.111. The summed E-state index contributed by atoms with van der Waals surface area (Å²) in [7, 11) is 0. The molecule has 11 heavy (non-hydrogen) atoms. The number of nitrogens with zero attached hydrogens (tertiary/aromatic N) is 1. The second kappa shape index (κ2) is 3.88. The van der Waals surface area contributed by atoms with Crippen LogP contribution in [0.2, 0.25) is 0 Å². The third-order valence-electron chi connectivity index (χ3n) is 0.980. The first-order chi connectivity index (χ1) is 5.33. The monoisotopic (exact) mass is 168 g/mol. The molecule has 0 saturated heterocycles. The lowest BCUT2D eigenvalue weighted by Crippen LogP contribution is -2.06. The average molecular weight is 168 g/mol. The summed E-state index contributed by atoms with van der Waals surface area (Å²) in [5.41, 5.74) is 0. The van der Waals surface area contributed by atoms with E-state index in [0.29, 0.717) is 5.13 Å². The highest BCUT2D eigenvalue weighted by molar-refractivity contribution is 7.13. The lowest BCUT2D eigenvalue weighted by atomic mass is 10.5. The fraction of sp³-hybridized carbons (Fsp3) is 0.143. The van der Waals surface area contributed by atoms with Crippen molar-refractivity contribution in [1.82, 2.24) is 4.98 Å². The molecule has 1 amide bonds. The highest BCUT2D eigenvalue weighted by Gasteiger charge is 1.96. The van der Waals surface area contributed by atoms with Crippen LogP contribution in [0.3, 0.4) is 0 Å². The molecule has 0 aliphatic carbocycles. The van der Waals surface area contributed by atoms with Crippen LogP contribution in [0.4, 0.5) is 5.13 Å². The standard InChI is InChI=1S/C7H8N2OS/c1-2-3-6(10)9-7-8-4-5-11-7/h2-5H,1H3,(H,8,9,10). The molecule has 1 aromatic heterocycles. The minimum atomic E-state index is -0.137. The van der Waals surface area contributed by atoms with Crippen LogP contribution in [0.25, 0.3) is 0 Å². The van der Waals surface area contributed by atoms with E-state index in [1.54, 1.807) is 19.2 Å². The average Bonchev–Trinajstić information content (AvgIpc) is 2.40. The van der Waals surface area contributed by atoms with Crippen molar-refractivity contribution in [2.45, 2.75) is 6.92 Å². The molecule has 0 aliphatic heterocycles. The molecule has 0 fully saturated rings. The van der Waals surface area contributed by atoms with Crippen LogP contribution in [0.1, 0.15) is 6.92 Å². The predicted molar refractivity (Wildman–Crippen MR) is 45.6 cm³/mol. The van der Waals surface area contributed by atoms with Crippen molar-refractivity contribution in [2.75, 3.05) is 5.32 Å². The van der Waals surface area contributed by atoms with Crippen molar-refractivity contribution in [1.29, 1.82) is 0 Å².